The average molecular weight is 1080 g/mol. The molecule has 0 unspecified atom stereocenters. The molecule has 78 heavy (non-hydrogen) atoms. The number of hydrogen-bond donors (Lipinski definition) is 5. The van der Waals surface area contributed by atoms with Gasteiger partial charge in [0.25, 0.3) is 0 Å². The zero-order valence-electron chi connectivity index (χ0n) is 44.2. The topological polar surface area (TPSA) is 221 Å². The van der Waals surface area contributed by atoms with E-state index in [-0.39, 0.29) is 62.0 Å². The number of rotatable bonds is 25. The van der Waals surface area contributed by atoms with E-state index >= 15 is 0 Å². The smallest absolute Gasteiger partial charge is 0.430 e. The van der Waals surface area contributed by atoms with E-state index in [4.69, 9.17) is 29.8 Å². The van der Waals surface area contributed by atoms with Crippen LogP contribution in [0, 0.1) is 13.8 Å². The van der Waals surface area contributed by atoms with Crippen molar-refractivity contribution >= 4 is 47.5 Å². The number of benzene rings is 4. The summed E-state index contributed by atoms with van der Waals surface area (Å²) in [5.74, 6) is -4.58. The highest BCUT2D eigenvalue weighted by Crippen LogP contribution is 2.36. The van der Waals surface area contributed by atoms with Crippen molar-refractivity contribution in [2.45, 2.75) is 90.0 Å². The molecule has 6 N–H and O–H groups in total. The van der Waals surface area contributed by atoms with Gasteiger partial charge >= 0.3 is 6.18 Å². The average Bonchev–Trinajstić information content (AvgIpc) is 3.45. The molecule has 2 aliphatic rings. The molecule has 1 atom stereocenters. The van der Waals surface area contributed by atoms with Gasteiger partial charge in [0.1, 0.15) is 24.4 Å². The van der Waals surface area contributed by atoms with Crippen LogP contribution in [0.3, 0.4) is 0 Å². The number of halogens is 3. The number of carbonyl (C=O) groups is 4. The lowest BCUT2D eigenvalue weighted by molar-refractivity contribution is -0.710. The third-order valence-corrected chi connectivity index (χ3v) is 13.1. The number of pyridine rings is 1. The molecule has 1 aromatic heterocycles. The van der Waals surface area contributed by atoms with Crippen LogP contribution < -0.4 is 36.3 Å². The Morgan fingerprint density at radius 1 is 0.769 bits per heavy atom. The van der Waals surface area contributed by atoms with Gasteiger partial charge in [-0.25, -0.2) is 0 Å². The van der Waals surface area contributed by atoms with Crippen molar-refractivity contribution < 1.29 is 61.3 Å². The number of nitrogens with one attached hydrogen (secondary N) is 3. The van der Waals surface area contributed by atoms with Crippen molar-refractivity contribution in [3.8, 4) is 5.75 Å². The van der Waals surface area contributed by atoms with E-state index in [1.807, 2.05) is 60.7 Å². The van der Waals surface area contributed by atoms with Crippen LogP contribution in [0.1, 0.15) is 88.4 Å². The number of guanidine groups is 1. The Labute approximate surface area is 453 Å². The fourth-order valence-corrected chi connectivity index (χ4v) is 9.36. The fourth-order valence-electron chi connectivity index (χ4n) is 9.36. The number of nitrogens with zero attached hydrogens (tertiary/aromatic N) is 3. The van der Waals surface area contributed by atoms with Crippen molar-refractivity contribution in [1.82, 2.24) is 16.0 Å². The fraction of sp³-hybridized carbons (Fsp3) is 0.390. The Morgan fingerprint density at radius 3 is 1.85 bits per heavy atom. The molecule has 3 heterocycles. The first-order valence-corrected chi connectivity index (χ1v) is 26.2. The van der Waals surface area contributed by atoms with Crippen LogP contribution in [0.15, 0.2) is 114 Å². The van der Waals surface area contributed by atoms with Gasteiger partial charge in [0, 0.05) is 57.8 Å². The zero-order valence-corrected chi connectivity index (χ0v) is 44.2. The number of aryl methyl sites for hydroxylation is 4. The summed E-state index contributed by atoms with van der Waals surface area (Å²) in [5, 5.41) is 26.9. The van der Waals surface area contributed by atoms with E-state index < -0.39 is 24.1 Å². The summed E-state index contributed by atoms with van der Waals surface area (Å²) < 4.78 is 51.0. The molecule has 5 aromatic rings. The van der Waals surface area contributed by atoms with Crippen LogP contribution >= 0.6 is 0 Å². The molecule has 0 aliphatic carbocycles. The number of phenols is 1. The lowest BCUT2D eigenvalue weighted by Crippen LogP contribution is -2.48. The SMILES string of the molecule is Cc1cc(/C=C/c2cc3c4c(c2)CCCN4CCC3)cc(C)[n+]1CCOCCOCCOCCC(=O)NC(N)=NCCC[C@@H](NC(=O)C(c1ccccc1)c1ccccc1)C(=O)NCc1ccc(O)cc1.O=C([O-])C(F)(F)F. The number of hydrogen-bond acceptors (Lipinski definition) is 11. The number of carbonyl (C=O) groups excluding carboxylic acids is 4. The van der Waals surface area contributed by atoms with E-state index in [0.29, 0.717) is 39.5 Å². The summed E-state index contributed by atoms with van der Waals surface area (Å²) in [6, 6.07) is 33.7. The first-order valence-electron chi connectivity index (χ1n) is 26.2. The summed E-state index contributed by atoms with van der Waals surface area (Å²) in [6.45, 7) is 10.2. The van der Waals surface area contributed by atoms with Gasteiger partial charge < -0.3 is 50.5 Å². The molecule has 16 nitrogen and oxygen atoms in total. The van der Waals surface area contributed by atoms with Crippen molar-refractivity contribution in [1.29, 1.82) is 0 Å². The molecule has 0 fully saturated rings. The summed E-state index contributed by atoms with van der Waals surface area (Å²) in [5.41, 5.74) is 17.8. The van der Waals surface area contributed by atoms with Gasteiger partial charge in [0.15, 0.2) is 23.9 Å². The third-order valence-electron chi connectivity index (χ3n) is 13.1. The third kappa shape index (κ3) is 19.1. The summed E-state index contributed by atoms with van der Waals surface area (Å²) in [7, 11) is 0. The standard InChI is InChI=1S/C57H69N7O7.C2HF3O2/c1-41-36-44(19-20-45-38-48-16-10-27-63-28-11-17-49(39-45)54(48)63)37-42(2)64(41)29-31-70-33-35-71-34-32-69-30-25-52(66)62-57(58)59-26-9-18-51(55(67)60-40-43-21-23-50(65)24-22-43)61-56(68)53(46-12-5-3-6-13-46)47-14-7-4-8-15-47;3-2(4,5)1(6)7/h3-8,12-15,19-24,36-39,51,53H,9-11,16-18,25-35,40H2,1-2H3,(H5-,58,59,60,61,62,65,66,67,68);(H,6,7)/t51-;/m1./s1. The Kier molecular flexibility index (Phi) is 23.2. The van der Waals surface area contributed by atoms with Gasteiger partial charge in [-0.2, -0.15) is 17.7 Å². The number of alkyl halides is 3. The molecular formula is C59H70F3N7O9. The van der Waals surface area contributed by atoms with Crippen molar-refractivity contribution in [3.63, 3.8) is 0 Å². The van der Waals surface area contributed by atoms with E-state index in [0.717, 1.165) is 23.2 Å². The Balaban J connectivity index is 0.00000131. The Bertz CT molecular complexity index is 2720. The first-order chi connectivity index (χ1) is 37.5. The highest BCUT2D eigenvalue weighted by atomic mass is 19.4. The van der Waals surface area contributed by atoms with Gasteiger partial charge in [0.2, 0.25) is 17.7 Å². The second-order valence-electron chi connectivity index (χ2n) is 19.0. The van der Waals surface area contributed by atoms with Crippen LogP contribution in [0.2, 0.25) is 0 Å². The Morgan fingerprint density at radius 2 is 1.29 bits per heavy atom. The van der Waals surface area contributed by atoms with Crippen LogP contribution in [-0.2, 0) is 59.3 Å². The molecule has 19 heteroatoms. The van der Waals surface area contributed by atoms with E-state index in [1.54, 1.807) is 24.3 Å². The maximum absolute atomic E-state index is 13.9. The molecule has 0 saturated carbocycles. The van der Waals surface area contributed by atoms with Crippen molar-refractivity contribution in [2.24, 2.45) is 10.7 Å². The molecule has 0 saturated heterocycles. The van der Waals surface area contributed by atoms with E-state index in [1.165, 1.54) is 78.1 Å². The number of nitrogens with two attached hydrogens (primary N) is 1. The maximum atomic E-state index is 13.9. The predicted octanol–water partition coefficient (Wildman–Crippen LogP) is 5.75. The number of aliphatic imine (C=N–C) groups is 1. The Hall–Kier alpha value is -7.61. The largest absolute Gasteiger partial charge is 0.542 e. The highest BCUT2D eigenvalue weighted by Gasteiger charge is 2.30. The molecule has 4 aromatic carbocycles. The highest BCUT2D eigenvalue weighted by molar-refractivity contribution is 5.96. The molecule has 7 rings (SSSR count). The maximum Gasteiger partial charge on any atom is 0.430 e. The van der Waals surface area contributed by atoms with Crippen LogP contribution in [0.25, 0.3) is 12.2 Å². The lowest BCUT2D eigenvalue weighted by Gasteiger charge is -2.37. The number of aromatic nitrogens is 1. The molecule has 3 amide bonds. The summed E-state index contributed by atoms with van der Waals surface area (Å²) in [4.78, 5) is 55.7. The van der Waals surface area contributed by atoms with Gasteiger partial charge in [-0.1, -0.05) is 84.9 Å². The molecule has 0 bridgehead atoms. The summed E-state index contributed by atoms with van der Waals surface area (Å²) in [6.07, 6.45) is 4.86. The lowest BCUT2D eigenvalue weighted by atomic mass is 9.90. The number of aliphatic carboxylic acids is 1. The minimum absolute atomic E-state index is 0.0428. The van der Waals surface area contributed by atoms with Gasteiger partial charge in [-0.3, -0.25) is 24.7 Å². The number of anilines is 1. The number of ether oxygens (including phenoxy) is 3. The van der Waals surface area contributed by atoms with Crippen molar-refractivity contribution in [2.75, 3.05) is 64.2 Å². The minimum atomic E-state index is -5.19. The minimum Gasteiger partial charge on any atom is -0.542 e. The monoisotopic (exact) mass is 1080 g/mol. The van der Waals surface area contributed by atoms with Gasteiger partial charge in [-0.15, -0.1) is 0 Å². The number of amides is 3. The molecule has 2 aliphatic heterocycles. The van der Waals surface area contributed by atoms with Crippen molar-refractivity contribution in [3.05, 3.63) is 160 Å². The zero-order chi connectivity index (χ0) is 55.9. The number of phenolic OH excluding ortho intramolecular Hbond substituents is 1. The van der Waals surface area contributed by atoms with E-state index in [2.05, 4.69) is 80.7 Å². The van der Waals surface area contributed by atoms with Gasteiger partial charge in [-0.05, 0) is 102 Å². The van der Waals surface area contributed by atoms with Crippen LogP contribution in [0.5, 0.6) is 5.75 Å². The normalized spacial score (nSPS) is 13.6. The molecule has 0 radical (unpaired) electrons. The summed E-state index contributed by atoms with van der Waals surface area (Å²) >= 11 is 0. The van der Waals surface area contributed by atoms with E-state index in [9.17, 15) is 32.7 Å². The van der Waals surface area contributed by atoms with Crippen LogP contribution in [-0.4, -0.2) is 106 Å². The molecule has 416 valence electrons. The molecular weight excluding hydrogens is 1010 g/mol. The molecule has 0 spiro atoms. The van der Waals surface area contributed by atoms with Gasteiger partial charge in [0.05, 0.1) is 45.4 Å². The number of carboxylic acid groups (broad SMARTS) is 1. The second-order valence-corrected chi connectivity index (χ2v) is 19.0. The number of aromatic hydroxyl groups is 1. The number of carboxylic acids is 1. The predicted molar refractivity (Wildman–Crippen MR) is 289 cm³/mol. The quantitative estimate of drug-likeness (QED) is 0.0205. The first kappa shape index (κ1) is 59.6. The van der Waals surface area contributed by atoms with Crippen LogP contribution in [0.4, 0.5) is 18.9 Å². The second kappa shape index (κ2) is 30.4.